The third-order valence-electron chi connectivity index (χ3n) is 5.58. The summed E-state index contributed by atoms with van der Waals surface area (Å²) in [7, 11) is 1.89. The maximum Gasteiger partial charge on any atom is 0.193 e. The highest BCUT2D eigenvalue weighted by atomic mass is 127. The van der Waals surface area contributed by atoms with Crippen molar-refractivity contribution in [2.45, 2.75) is 57.7 Å². The zero-order valence-electron chi connectivity index (χ0n) is 15.2. The molecular weight excluding hydrogens is 417 g/mol. The van der Waals surface area contributed by atoms with E-state index in [4.69, 9.17) is 9.47 Å². The first-order valence-electron chi connectivity index (χ1n) is 9.45. The lowest BCUT2D eigenvalue weighted by atomic mass is 9.82. The molecule has 0 aromatic heterocycles. The van der Waals surface area contributed by atoms with Gasteiger partial charge in [0.15, 0.2) is 5.96 Å². The van der Waals surface area contributed by atoms with Crippen LogP contribution in [0.15, 0.2) is 4.99 Å². The topological polar surface area (TPSA) is 46.1 Å². The molecule has 0 aromatic carbocycles. The van der Waals surface area contributed by atoms with Crippen LogP contribution >= 0.6 is 24.0 Å². The summed E-state index contributed by atoms with van der Waals surface area (Å²) in [4.78, 5) is 6.86. The molecule has 2 saturated heterocycles. The van der Waals surface area contributed by atoms with E-state index in [9.17, 15) is 0 Å². The van der Waals surface area contributed by atoms with Gasteiger partial charge in [-0.25, -0.2) is 0 Å². The van der Waals surface area contributed by atoms with E-state index in [2.05, 4.69) is 22.1 Å². The van der Waals surface area contributed by atoms with Crippen LogP contribution in [0, 0.1) is 11.8 Å². The number of halogens is 1. The van der Waals surface area contributed by atoms with E-state index in [0.717, 1.165) is 63.5 Å². The molecule has 4 atom stereocenters. The zero-order chi connectivity index (χ0) is 16.1. The van der Waals surface area contributed by atoms with E-state index in [1.807, 2.05) is 7.05 Å². The normalized spacial score (nSPS) is 34.8. The molecule has 1 saturated carbocycles. The predicted molar refractivity (Wildman–Crippen MR) is 108 cm³/mol. The highest BCUT2D eigenvalue weighted by Gasteiger charge is 2.32. The maximum atomic E-state index is 5.95. The first-order chi connectivity index (χ1) is 11.3. The van der Waals surface area contributed by atoms with E-state index in [0.29, 0.717) is 0 Å². The average Bonchev–Trinajstić information content (AvgIpc) is 3.10. The summed E-state index contributed by atoms with van der Waals surface area (Å²) in [5, 5.41) is 3.62. The van der Waals surface area contributed by atoms with Gasteiger partial charge < -0.3 is 19.7 Å². The molecule has 6 heteroatoms. The molecule has 2 heterocycles. The summed E-state index contributed by atoms with van der Waals surface area (Å²) in [5.41, 5.74) is 0. The van der Waals surface area contributed by atoms with Crippen molar-refractivity contribution in [3.05, 3.63) is 0 Å². The van der Waals surface area contributed by atoms with Crippen LogP contribution in [-0.4, -0.2) is 63.0 Å². The van der Waals surface area contributed by atoms with Crippen molar-refractivity contribution in [2.24, 2.45) is 16.8 Å². The van der Waals surface area contributed by atoms with Crippen molar-refractivity contribution in [3.8, 4) is 0 Å². The largest absolute Gasteiger partial charge is 0.375 e. The van der Waals surface area contributed by atoms with Gasteiger partial charge in [-0.3, -0.25) is 4.99 Å². The number of hydrogen-bond acceptors (Lipinski definition) is 3. The molecule has 1 N–H and O–H groups in total. The minimum atomic E-state index is 0. The molecule has 0 amide bonds. The molecule has 3 fully saturated rings. The smallest absolute Gasteiger partial charge is 0.193 e. The second kappa shape index (κ2) is 10.2. The van der Waals surface area contributed by atoms with Crippen LogP contribution in [0.1, 0.15) is 45.4 Å². The van der Waals surface area contributed by atoms with Crippen molar-refractivity contribution in [1.82, 2.24) is 10.2 Å². The van der Waals surface area contributed by atoms with Crippen LogP contribution in [0.2, 0.25) is 0 Å². The Hall–Kier alpha value is -0.0800. The molecule has 140 valence electrons. The molecule has 5 nitrogen and oxygen atoms in total. The molecule has 0 bridgehead atoms. The van der Waals surface area contributed by atoms with Crippen molar-refractivity contribution in [2.75, 3.05) is 39.9 Å². The van der Waals surface area contributed by atoms with Crippen LogP contribution in [0.4, 0.5) is 0 Å². The van der Waals surface area contributed by atoms with Gasteiger partial charge in [0.1, 0.15) is 6.10 Å². The van der Waals surface area contributed by atoms with Crippen LogP contribution in [-0.2, 0) is 9.47 Å². The number of nitrogens with one attached hydrogen (secondary N) is 1. The molecule has 0 radical (unpaired) electrons. The maximum absolute atomic E-state index is 5.95. The van der Waals surface area contributed by atoms with E-state index >= 15 is 0 Å². The molecular formula is C18H34IN3O2. The lowest BCUT2D eigenvalue weighted by Gasteiger charge is -2.37. The summed E-state index contributed by atoms with van der Waals surface area (Å²) in [6.07, 6.45) is 8.25. The number of morpholine rings is 1. The second-order valence-electron chi connectivity index (χ2n) is 7.47. The van der Waals surface area contributed by atoms with E-state index in [1.54, 1.807) is 0 Å². The predicted octanol–water partition coefficient (Wildman–Crippen LogP) is 2.89. The monoisotopic (exact) mass is 451 g/mol. The Kier molecular flexibility index (Phi) is 8.57. The van der Waals surface area contributed by atoms with Crippen LogP contribution in [0.3, 0.4) is 0 Å². The summed E-state index contributed by atoms with van der Waals surface area (Å²) in [6.45, 7) is 6.91. The third-order valence-corrected chi connectivity index (χ3v) is 5.58. The SMILES string of the molecule is CN=C(NCC1CCCC(C)C1)N1CCOC(C2CCCO2)C1.I. The first kappa shape index (κ1) is 20.2. The number of rotatable bonds is 3. The van der Waals surface area contributed by atoms with Gasteiger partial charge >= 0.3 is 0 Å². The van der Waals surface area contributed by atoms with Gasteiger partial charge in [-0.1, -0.05) is 19.8 Å². The number of aliphatic imine (C=N–C) groups is 1. The average molecular weight is 451 g/mol. The summed E-state index contributed by atoms with van der Waals surface area (Å²) >= 11 is 0. The Balaban J connectivity index is 0.00000208. The van der Waals surface area contributed by atoms with Crippen LogP contribution in [0.5, 0.6) is 0 Å². The van der Waals surface area contributed by atoms with E-state index in [-0.39, 0.29) is 36.2 Å². The highest BCUT2D eigenvalue weighted by molar-refractivity contribution is 14.0. The van der Waals surface area contributed by atoms with Gasteiger partial charge in [-0.2, -0.15) is 0 Å². The lowest BCUT2D eigenvalue weighted by molar-refractivity contribution is -0.0817. The molecule has 24 heavy (non-hydrogen) atoms. The summed E-state index contributed by atoms with van der Waals surface area (Å²) < 4.78 is 11.8. The zero-order valence-corrected chi connectivity index (χ0v) is 17.5. The van der Waals surface area contributed by atoms with Crippen molar-refractivity contribution in [1.29, 1.82) is 0 Å². The molecule has 3 aliphatic rings. The molecule has 0 aromatic rings. The Morgan fingerprint density at radius 1 is 1.12 bits per heavy atom. The number of ether oxygens (including phenoxy) is 2. The van der Waals surface area contributed by atoms with Gasteiger partial charge in [-0.05, 0) is 37.5 Å². The minimum absolute atomic E-state index is 0. The second-order valence-corrected chi connectivity index (χ2v) is 7.47. The summed E-state index contributed by atoms with van der Waals surface area (Å²) in [6, 6.07) is 0. The molecule has 3 rings (SSSR count). The van der Waals surface area contributed by atoms with Crippen LogP contribution in [0.25, 0.3) is 0 Å². The van der Waals surface area contributed by atoms with Gasteiger partial charge in [-0.15, -0.1) is 24.0 Å². The van der Waals surface area contributed by atoms with Crippen molar-refractivity contribution < 1.29 is 9.47 Å². The summed E-state index contributed by atoms with van der Waals surface area (Å²) in [5.74, 6) is 2.71. The minimum Gasteiger partial charge on any atom is -0.375 e. The first-order valence-corrected chi connectivity index (χ1v) is 9.45. The van der Waals surface area contributed by atoms with Gasteiger partial charge in [0.2, 0.25) is 0 Å². The number of guanidine groups is 1. The number of hydrogen-bond donors (Lipinski definition) is 1. The Labute approximate surface area is 164 Å². The quantitative estimate of drug-likeness (QED) is 0.407. The molecule has 0 spiro atoms. The van der Waals surface area contributed by atoms with Gasteiger partial charge in [0.25, 0.3) is 0 Å². The highest BCUT2D eigenvalue weighted by Crippen LogP contribution is 2.28. The van der Waals surface area contributed by atoms with Gasteiger partial charge in [0.05, 0.1) is 12.7 Å². The molecule has 4 unspecified atom stereocenters. The third kappa shape index (κ3) is 5.46. The lowest BCUT2D eigenvalue weighted by Crippen LogP contribution is -2.53. The Bertz CT molecular complexity index is 402. The molecule has 1 aliphatic carbocycles. The number of nitrogens with zero attached hydrogens (tertiary/aromatic N) is 2. The standard InChI is InChI=1S/C18H33N3O2.HI/c1-14-5-3-6-15(11-14)12-20-18(19-2)21-8-10-23-17(13-21)16-7-4-9-22-16;/h14-17H,3-13H2,1-2H3,(H,19,20);1H. The van der Waals surface area contributed by atoms with E-state index < -0.39 is 0 Å². The van der Waals surface area contributed by atoms with Crippen molar-refractivity contribution >= 4 is 29.9 Å². The fourth-order valence-electron chi connectivity index (χ4n) is 4.30. The van der Waals surface area contributed by atoms with E-state index in [1.165, 1.54) is 25.7 Å². The molecule has 2 aliphatic heterocycles. The Morgan fingerprint density at radius 3 is 2.67 bits per heavy atom. The fourth-order valence-corrected chi connectivity index (χ4v) is 4.30. The van der Waals surface area contributed by atoms with Crippen molar-refractivity contribution in [3.63, 3.8) is 0 Å². The van der Waals surface area contributed by atoms with Gasteiger partial charge in [0, 0.05) is 33.3 Å². The Morgan fingerprint density at radius 2 is 1.96 bits per heavy atom. The fraction of sp³-hybridized carbons (Fsp3) is 0.944. The van der Waals surface area contributed by atoms with Crippen LogP contribution < -0.4 is 5.32 Å².